The molecule has 1 aliphatic heterocycles. The molecule has 0 saturated carbocycles. The van der Waals surface area contributed by atoms with E-state index in [1.54, 1.807) is 0 Å². The molecule has 0 atom stereocenters. The van der Waals surface area contributed by atoms with Crippen LogP contribution in [0, 0.1) is 13.8 Å². The Balaban J connectivity index is 1.70. The third-order valence-corrected chi connectivity index (χ3v) is 3.38. The van der Waals surface area contributed by atoms with Crippen molar-refractivity contribution in [1.82, 2.24) is 19.7 Å². The fraction of sp³-hybridized carbons (Fsp3) is 0.500. The van der Waals surface area contributed by atoms with Crippen LogP contribution in [-0.2, 0) is 19.5 Å². The van der Waals surface area contributed by atoms with Crippen molar-refractivity contribution in [3.8, 4) is 0 Å². The van der Waals surface area contributed by atoms with E-state index >= 15 is 0 Å². The summed E-state index contributed by atoms with van der Waals surface area (Å²) in [6.45, 7) is 5.67. The van der Waals surface area contributed by atoms with Crippen molar-refractivity contribution in [1.29, 1.82) is 0 Å². The van der Waals surface area contributed by atoms with Gasteiger partial charge in [0.2, 0.25) is 0 Å². The molecule has 2 aromatic heterocycles. The Hall–Kier alpha value is -1.91. The number of aryl methyl sites for hydroxylation is 4. The van der Waals surface area contributed by atoms with E-state index < -0.39 is 0 Å². The first-order chi connectivity index (χ1) is 9.20. The molecule has 0 bridgehead atoms. The largest absolute Gasteiger partial charge is 0.364 e. The molecule has 0 aliphatic carbocycles. The van der Waals surface area contributed by atoms with Crippen LogP contribution in [0.4, 0.5) is 5.82 Å². The summed E-state index contributed by atoms with van der Waals surface area (Å²) in [6, 6.07) is 4.16. The lowest BCUT2D eigenvalue weighted by Gasteiger charge is -2.11. The predicted molar refractivity (Wildman–Crippen MR) is 74.0 cm³/mol. The highest BCUT2D eigenvalue weighted by molar-refractivity contribution is 5.36. The number of aromatic nitrogens is 4. The molecule has 0 radical (unpaired) electrons. The predicted octanol–water partition coefficient (Wildman–Crippen LogP) is 2.24. The lowest BCUT2D eigenvalue weighted by atomic mass is 10.1. The molecule has 5 nitrogen and oxygen atoms in total. The van der Waals surface area contributed by atoms with E-state index in [0.29, 0.717) is 0 Å². The summed E-state index contributed by atoms with van der Waals surface area (Å²) < 4.78 is 2.14. The Morgan fingerprint density at radius 1 is 1.21 bits per heavy atom. The minimum atomic E-state index is 0.718. The van der Waals surface area contributed by atoms with Crippen LogP contribution in [0.2, 0.25) is 0 Å². The molecule has 0 fully saturated rings. The zero-order valence-electron chi connectivity index (χ0n) is 11.5. The van der Waals surface area contributed by atoms with Gasteiger partial charge < -0.3 is 5.32 Å². The van der Waals surface area contributed by atoms with E-state index in [2.05, 4.69) is 31.1 Å². The Kier molecular flexibility index (Phi) is 3.19. The second kappa shape index (κ2) is 4.99. The third kappa shape index (κ3) is 2.75. The van der Waals surface area contributed by atoms with Gasteiger partial charge in [0.1, 0.15) is 11.6 Å². The first-order valence-corrected chi connectivity index (χ1v) is 6.82. The second-order valence-corrected chi connectivity index (χ2v) is 5.10. The number of nitrogens with zero attached hydrogens (tertiary/aromatic N) is 4. The molecule has 3 heterocycles. The summed E-state index contributed by atoms with van der Waals surface area (Å²) in [7, 11) is 0. The number of rotatable bonds is 3. The van der Waals surface area contributed by atoms with Crippen LogP contribution in [-0.4, -0.2) is 19.7 Å². The van der Waals surface area contributed by atoms with Gasteiger partial charge in [-0.25, -0.2) is 9.97 Å². The molecule has 0 spiro atoms. The Morgan fingerprint density at radius 3 is 2.89 bits per heavy atom. The van der Waals surface area contributed by atoms with Crippen molar-refractivity contribution in [2.45, 2.75) is 46.2 Å². The maximum Gasteiger partial charge on any atom is 0.130 e. The first-order valence-electron chi connectivity index (χ1n) is 6.82. The van der Waals surface area contributed by atoms with E-state index in [1.807, 2.05) is 19.9 Å². The molecule has 0 unspecified atom stereocenters. The van der Waals surface area contributed by atoms with Crippen molar-refractivity contribution in [2.24, 2.45) is 0 Å². The van der Waals surface area contributed by atoms with Crippen molar-refractivity contribution >= 4 is 5.82 Å². The van der Waals surface area contributed by atoms with Crippen molar-refractivity contribution in [2.75, 3.05) is 5.32 Å². The maximum absolute atomic E-state index is 4.62. The Morgan fingerprint density at radius 2 is 2.11 bits per heavy atom. The topological polar surface area (TPSA) is 55.6 Å². The smallest absolute Gasteiger partial charge is 0.130 e. The van der Waals surface area contributed by atoms with E-state index in [9.17, 15) is 0 Å². The monoisotopic (exact) mass is 257 g/mol. The molecular formula is C14H19N5. The number of anilines is 1. The van der Waals surface area contributed by atoms with Gasteiger partial charge in [-0.1, -0.05) is 0 Å². The minimum absolute atomic E-state index is 0.718. The summed E-state index contributed by atoms with van der Waals surface area (Å²) in [5.74, 6) is 1.67. The quantitative estimate of drug-likeness (QED) is 0.916. The number of fused-ring (bicyclic) bond motifs is 1. The van der Waals surface area contributed by atoms with Gasteiger partial charge in [0, 0.05) is 24.0 Å². The minimum Gasteiger partial charge on any atom is -0.364 e. The summed E-state index contributed by atoms with van der Waals surface area (Å²) in [6.07, 6.45) is 3.67. The van der Waals surface area contributed by atoms with Crippen molar-refractivity contribution in [3.63, 3.8) is 0 Å². The number of hydrogen-bond donors (Lipinski definition) is 1. The van der Waals surface area contributed by atoms with Crippen LogP contribution >= 0.6 is 0 Å². The fourth-order valence-corrected chi connectivity index (χ4v) is 2.55. The summed E-state index contributed by atoms with van der Waals surface area (Å²) in [5.41, 5.74) is 3.43. The van der Waals surface area contributed by atoms with Gasteiger partial charge in [0.15, 0.2) is 0 Å². The first kappa shape index (κ1) is 12.1. The third-order valence-electron chi connectivity index (χ3n) is 3.38. The highest BCUT2D eigenvalue weighted by Crippen LogP contribution is 2.16. The highest BCUT2D eigenvalue weighted by Gasteiger charge is 2.11. The normalized spacial score (nSPS) is 14.2. The lowest BCUT2D eigenvalue weighted by Crippen LogP contribution is -2.11. The molecule has 2 aromatic rings. The lowest BCUT2D eigenvalue weighted by molar-refractivity contribution is 0.484. The van der Waals surface area contributed by atoms with Crippen LogP contribution in [0.1, 0.15) is 35.7 Å². The van der Waals surface area contributed by atoms with Gasteiger partial charge in [0.25, 0.3) is 0 Å². The average molecular weight is 257 g/mol. The molecule has 1 aliphatic rings. The van der Waals surface area contributed by atoms with E-state index in [-0.39, 0.29) is 0 Å². The van der Waals surface area contributed by atoms with Crippen LogP contribution in [0.25, 0.3) is 0 Å². The molecule has 5 heteroatoms. The molecule has 0 saturated heterocycles. The molecule has 0 amide bonds. The van der Waals surface area contributed by atoms with E-state index in [4.69, 9.17) is 0 Å². The average Bonchev–Trinajstić information content (AvgIpc) is 2.78. The molecule has 0 aromatic carbocycles. The number of hydrogen-bond acceptors (Lipinski definition) is 4. The van der Waals surface area contributed by atoms with Crippen LogP contribution in [0.3, 0.4) is 0 Å². The Bertz CT molecular complexity index is 544. The van der Waals surface area contributed by atoms with Crippen LogP contribution in [0.15, 0.2) is 12.1 Å². The van der Waals surface area contributed by atoms with Gasteiger partial charge in [-0.3, -0.25) is 4.68 Å². The Labute approximate surface area is 113 Å². The van der Waals surface area contributed by atoms with Gasteiger partial charge in [-0.05, 0) is 39.2 Å². The molecule has 19 heavy (non-hydrogen) atoms. The fourth-order valence-electron chi connectivity index (χ4n) is 2.55. The SMILES string of the molecule is Cc1cc(NCc2cc3n(n2)CCCC3)nc(C)n1. The zero-order chi connectivity index (χ0) is 13.2. The summed E-state index contributed by atoms with van der Waals surface area (Å²) >= 11 is 0. The zero-order valence-corrected chi connectivity index (χ0v) is 11.5. The number of nitrogens with one attached hydrogen (secondary N) is 1. The summed E-state index contributed by atoms with van der Waals surface area (Å²) in [5, 5.41) is 7.95. The van der Waals surface area contributed by atoms with Crippen molar-refractivity contribution < 1.29 is 0 Å². The van der Waals surface area contributed by atoms with Crippen LogP contribution < -0.4 is 5.32 Å². The maximum atomic E-state index is 4.62. The van der Waals surface area contributed by atoms with E-state index in [1.165, 1.54) is 18.5 Å². The highest BCUT2D eigenvalue weighted by atomic mass is 15.3. The summed E-state index contributed by atoms with van der Waals surface area (Å²) in [4.78, 5) is 8.65. The van der Waals surface area contributed by atoms with Gasteiger partial charge >= 0.3 is 0 Å². The molecular weight excluding hydrogens is 238 g/mol. The molecule has 100 valence electrons. The van der Waals surface area contributed by atoms with Gasteiger partial charge in [-0.2, -0.15) is 5.10 Å². The standard InChI is InChI=1S/C14H19N5/c1-10-7-14(17-11(2)16-10)15-9-12-8-13-5-3-4-6-19(13)18-12/h7-8H,3-6,9H2,1-2H3,(H,15,16,17). The second-order valence-electron chi connectivity index (χ2n) is 5.10. The van der Waals surface area contributed by atoms with Crippen molar-refractivity contribution in [3.05, 3.63) is 35.0 Å². The molecule has 1 N–H and O–H groups in total. The molecule has 3 rings (SSSR count). The van der Waals surface area contributed by atoms with Gasteiger partial charge in [-0.15, -0.1) is 0 Å². The van der Waals surface area contributed by atoms with E-state index in [0.717, 1.165) is 42.5 Å². The van der Waals surface area contributed by atoms with Crippen LogP contribution in [0.5, 0.6) is 0 Å². The van der Waals surface area contributed by atoms with Gasteiger partial charge in [0.05, 0.1) is 12.2 Å².